The molecular formula is H4K2N2O4S2. The summed E-state index contributed by atoms with van der Waals surface area (Å²) >= 11 is -4.72. The molecule has 0 aromatic carbocycles. The Kier molecular flexibility index (Phi) is 42.6. The van der Waals surface area contributed by atoms with Crippen molar-refractivity contribution in [1.82, 2.24) is 0 Å². The van der Waals surface area contributed by atoms with Crippen molar-refractivity contribution < 1.29 is 120 Å². The molecule has 4 N–H and O–H groups in total. The molecule has 10 heavy (non-hydrogen) atoms. The maximum Gasteiger partial charge on any atom is 1.00 e. The minimum absolute atomic E-state index is 0. The smallest absolute Gasteiger partial charge is 0.760 e. The fourth-order valence-corrected chi connectivity index (χ4v) is 0. The van der Waals surface area contributed by atoms with Gasteiger partial charge < -0.3 is 9.11 Å². The SMILES string of the molecule is NS(=O)[O-].NS(=O)[O-].[K+].[K+]. The van der Waals surface area contributed by atoms with Gasteiger partial charge in [0.2, 0.25) is 0 Å². The predicted molar refractivity (Wildman–Crippen MR) is 26.2 cm³/mol. The van der Waals surface area contributed by atoms with Crippen molar-refractivity contribution in [1.29, 1.82) is 0 Å². The molecule has 0 aromatic heterocycles. The van der Waals surface area contributed by atoms with Crippen molar-refractivity contribution in [2.75, 3.05) is 0 Å². The number of hydrogen-bond donors (Lipinski definition) is 2. The first kappa shape index (κ1) is 23.3. The maximum absolute atomic E-state index is 8.78. The standard InChI is InChI=1S/2K.2H3NO2S/c;;2*1-4(2)3/h;;2*1H2,(H,2,3)/q2*+1;;/p-2. The van der Waals surface area contributed by atoms with Crippen LogP contribution in [0.4, 0.5) is 0 Å². The molecule has 2 unspecified atom stereocenters. The summed E-state index contributed by atoms with van der Waals surface area (Å²) in [5.74, 6) is 0. The average Bonchev–Trinajstić information content (AvgIpc) is 1.25. The van der Waals surface area contributed by atoms with Crippen molar-refractivity contribution in [3.63, 3.8) is 0 Å². The van der Waals surface area contributed by atoms with E-state index in [0.717, 1.165) is 0 Å². The summed E-state index contributed by atoms with van der Waals surface area (Å²) in [7, 11) is 0. The van der Waals surface area contributed by atoms with Crippen molar-refractivity contribution >= 4 is 22.5 Å². The number of rotatable bonds is 0. The third-order valence-electron chi connectivity index (χ3n) is 0. The molecule has 0 heterocycles. The monoisotopic (exact) mass is 238 g/mol. The fraction of sp³-hybridized carbons (Fsp3) is 0. The zero-order chi connectivity index (χ0) is 7.15. The van der Waals surface area contributed by atoms with Gasteiger partial charge >= 0.3 is 103 Å². The van der Waals surface area contributed by atoms with Crippen LogP contribution < -0.4 is 113 Å². The van der Waals surface area contributed by atoms with E-state index in [1.54, 1.807) is 0 Å². The van der Waals surface area contributed by atoms with Crippen LogP contribution in [0.1, 0.15) is 0 Å². The van der Waals surface area contributed by atoms with Gasteiger partial charge in [-0.25, -0.2) is 0 Å². The van der Waals surface area contributed by atoms with Crippen LogP contribution in [0.3, 0.4) is 0 Å². The van der Waals surface area contributed by atoms with E-state index in [1.165, 1.54) is 0 Å². The minimum atomic E-state index is -2.36. The summed E-state index contributed by atoms with van der Waals surface area (Å²) in [4.78, 5) is 0. The van der Waals surface area contributed by atoms with E-state index in [9.17, 15) is 0 Å². The first-order chi connectivity index (χ1) is 3.46. The molecule has 0 aliphatic carbocycles. The zero-order valence-corrected chi connectivity index (χ0v) is 13.5. The zero-order valence-electron chi connectivity index (χ0n) is 5.60. The van der Waals surface area contributed by atoms with Gasteiger partial charge in [0, 0.05) is 22.5 Å². The second-order valence-corrected chi connectivity index (χ2v) is 1.56. The molecule has 10 heteroatoms. The molecule has 0 saturated carbocycles. The van der Waals surface area contributed by atoms with Crippen LogP contribution in [0.15, 0.2) is 0 Å². The Balaban J connectivity index is -0.0000000300. The Morgan fingerprint density at radius 2 is 0.900 bits per heavy atom. The van der Waals surface area contributed by atoms with Gasteiger partial charge in [-0.15, -0.1) is 0 Å². The van der Waals surface area contributed by atoms with Gasteiger partial charge in [-0.1, -0.05) is 0 Å². The van der Waals surface area contributed by atoms with Crippen LogP contribution in [-0.4, -0.2) is 17.5 Å². The van der Waals surface area contributed by atoms with E-state index in [4.69, 9.17) is 17.5 Å². The molecule has 0 fully saturated rings. The molecule has 6 nitrogen and oxygen atoms in total. The Labute approximate surface area is 149 Å². The largest absolute Gasteiger partial charge is 1.00 e. The van der Waals surface area contributed by atoms with Crippen LogP contribution in [0.2, 0.25) is 0 Å². The third-order valence-corrected chi connectivity index (χ3v) is 0. The Bertz CT molecular complexity index is 77.3. The molecule has 0 rings (SSSR count). The molecule has 2 atom stereocenters. The predicted octanol–water partition coefficient (Wildman–Crippen LogP) is -8.51. The molecule has 0 bridgehead atoms. The Hall–Kier alpha value is 3.41. The van der Waals surface area contributed by atoms with Crippen molar-refractivity contribution in [2.24, 2.45) is 10.3 Å². The van der Waals surface area contributed by atoms with Gasteiger partial charge in [-0.05, 0) is 0 Å². The molecule has 0 radical (unpaired) electrons. The van der Waals surface area contributed by atoms with E-state index in [1.807, 2.05) is 0 Å². The van der Waals surface area contributed by atoms with Crippen LogP contribution in [-0.2, 0) is 22.5 Å². The first-order valence-electron chi connectivity index (χ1n) is 1.14. The Morgan fingerprint density at radius 3 is 0.900 bits per heavy atom. The van der Waals surface area contributed by atoms with E-state index in [2.05, 4.69) is 10.3 Å². The van der Waals surface area contributed by atoms with Crippen LogP contribution in [0, 0.1) is 0 Å². The quantitative estimate of drug-likeness (QED) is 0.320. The van der Waals surface area contributed by atoms with Gasteiger partial charge in [-0.2, -0.15) is 0 Å². The third kappa shape index (κ3) is 106. The van der Waals surface area contributed by atoms with E-state index in [-0.39, 0.29) is 103 Å². The van der Waals surface area contributed by atoms with E-state index in [0.29, 0.717) is 0 Å². The summed E-state index contributed by atoms with van der Waals surface area (Å²) in [5, 5.41) is 8.06. The second-order valence-electron chi connectivity index (χ2n) is 0.521. The van der Waals surface area contributed by atoms with Crippen molar-refractivity contribution in [3.05, 3.63) is 0 Å². The topological polar surface area (TPSA) is 132 Å². The van der Waals surface area contributed by atoms with E-state index < -0.39 is 22.5 Å². The van der Waals surface area contributed by atoms with Crippen LogP contribution in [0.25, 0.3) is 0 Å². The first-order valence-corrected chi connectivity index (χ1v) is 3.41. The molecule has 0 amide bonds. The van der Waals surface area contributed by atoms with Crippen LogP contribution >= 0.6 is 0 Å². The van der Waals surface area contributed by atoms with Gasteiger partial charge in [0.15, 0.2) is 0 Å². The summed E-state index contributed by atoms with van der Waals surface area (Å²) in [5.41, 5.74) is 0. The molecular weight excluding hydrogens is 234 g/mol. The molecule has 0 spiro atoms. The molecule has 0 aromatic rings. The molecule has 0 aliphatic rings. The molecule has 0 aliphatic heterocycles. The van der Waals surface area contributed by atoms with Crippen molar-refractivity contribution in [3.8, 4) is 0 Å². The average molecular weight is 238 g/mol. The number of nitrogens with two attached hydrogens (primary N) is 2. The summed E-state index contributed by atoms with van der Waals surface area (Å²) in [6.45, 7) is 0. The summed E-state index contributed by atoms with van der Waals surface area (Å²) in [6, 6.07) is 0. The second kappa shape index (κ2) is 18.2. The maximum atomic E-state index is 8.78. The van der Waals surface area contributed by atoms with Crippen molar-refractivity contribution in [2.45, 2.75) is 0 Å². The van der Waals surface area contributed by atoms with E-state index >= 15 is 0 Å². The van der Waals surface area contributed by atoms with Gasteiger partial charge in [0.25, 0.3) is 0 Å². The van der Waals surface area contributed by atoms with Gasteiger partial charge in [0.05, 0.1) is 0 Å². The van der Waals surface area contributed by atoms with Gasteiger partial charge in [-0.3, -0.25) is 18.7 Å². The normalized spacial score (nSPS) is 12.4. The Morgan fingerprint density at radius 1 is 0.900 bits per heavy atom. The fourth-order valence-electron chi connectivity index (χ4n) is 0. The number of hydrogen-bond acceptors (Lipinski definition) is 4. The summed E-state index contributed by atoms with van der Waals surface area (Å²) in [6.07, 6.45) is 0. The molecule has 52 valence electrons. The summed E-state index contributed by atoms with van der Waals surface area (Å²) < 4.78 is 35.1. The van der Waals surface area contributed by atoms with Crippen LogP contribution in [0.5, 0.6) is 0 Å². The van der Waals surface area contributed by atoms with Gasteiger partial charge in [0.1, 0.15) is 0 Å². The minimum Gasteiger partial charge on any atom is -0.760 e. The molecule has 0 saturated heterocycles.